The van der Waals surface area contributed by atoms with Crippen LogP contribution in [0.2, 0.25) is 0 Å². The van der Waals surface area contributed by atoms with Crippen molar-refractivity contribution >= 4 is 0 Å². The number of rotatable bonds is 27. The number of unbranched alkanes of at least 4 members (excludes halogenated alkanes) is 15. The highest BCUT2D eigenvalue weighted by molar-refractivity contribution is 5.00. The van der Waals surface area contributed by atoms with Crippen LogP contribution in [0.5, 0.6) is 0 Å². The highest BCUT2D eigenvalue weighted by Gasteiger charge is 2.38. The summed E-state index contributed by atoms with van der Waals surface area (Å²) in [7, 11) is 0. The predicted molar refractivity (Wildman–Crippen MR) is 210 cm³/mol. The Morgan fingerprint density at radius 2 is 0.702 bits per heavy atom. The van der Waals surface area contributed by atoms with E-state index in [0.717, 1.165) is 13.1 Å². The van der Waals surface area contributed by atoms with Crippen LogP contribution >= 0.6 is 0 Å². The summed E-state index contributed by atoms with van der Waals surface area (Å²) in [5.74, 6) is 0. The number of nitrogens with zero attached hydrogens (tertiary/aromatic N) is 1. The second-order valence-corrected chi connectivity index (χ2v) is 18.8. The van der Waals surface area contributed by atoms with Gasteiger partial charge in [0, 0.05) is 34.2 Å². The molecule has 0 radical (unpaired) electrons. The van der Waals surface area contributed by atoms with E-state index in [1.54, 1.807) is 0 Å². The van der Waals surface area contributed by atoms with Crippen LogP contribution in [-0.4, -0.2) is 71.9 Å². The number of hydrogen-bond donors (Lipinski definition) is 4. The van der Waals surface area contributed by atoms with Crippen LogP contribution in [0.15, 0.2) is 0 Å². The minimum Gasteiger partial charge on any atom is -0.314 e. The van der Waals surface area contributed by atoms with Gasteiger partial charge in [-0.05, 0) is 133 Å². The van der Waals surface area contributed by atoms with Crippen LogP contribution in [0.3, 0.4) is 0 Å². The Morgan fingerprint density at radius 3 is 1.02 bits per heavy atom. The molecule has 0 atom stereocenters. The normalized spacial score (nSPS) is 21.1. The fraction of sp³-hybridized carbons (Fsp3) is 1.00. The molecule has 5 nitrogen and oxygen atoms in total. The second-order valence-electron chi connectivity index (χ2n) is 18.8. The van der Waals surface area contributed by atoms with Crippen molar-refractivity contribution in [3.8, 4) is 0 Å². The number of piperidine rings is 2. The van der Waals surface area contributed by atoms with E-state index in [0.29, 0.717) is 12.1 Å². The summed E-state index contributed by atoms with van der Waals surface area (Å²) >= 11 is 0. The third-order valence-corrected chi connectivity index (χ3v) is 10.9. The molecule has 2 fully saturated rings. The Bertz CT molecular complexity index is 697. The Hall–Kier alpha value is -0.200. The zero-order valence-corrected chi connectivity index (χ0v) is 33.7. The molecule has 0 aromatic carbocycles. The molecule has 0 aromatic heterocycles. The van der Waals surface area contributed by atoms with Crippen LogP contribution < -0.4 is 21.3 Å². The third-order valence-electron chi connectivity index (χ3n) is 10.9. The van der Waals surface area contributed by atoms with E-state index >= 15 is 0 Å². The maximum absolute atomic E-state index is 3.95. The monoisotopic (exact) mass is 662 g/mol. The zero-order chi connectivity index (χ0) is 34.7. The summed E-state index contributed by atoms with van der Waals surface area (Å²) in [6.45, 7) is 27.2. The quantitative estimate of drug-likeness (QED) is 0.0660. The first-order valence-corrected chi connectivity index (χ1v) is 21.0. The lowest BCUT2D eigenvalue weighted by Gasteiger charge is -2.46. The van der Waals surface area contributed by atoms with Crippen LogP contribution in [0.4, 0.5) is 0 Å². The summed E-state index contributed by atoms with van der Waals surface area (Å²) in [5, 5.41) is 15.6. The van der Waals surface area contributed by atoms with Crippen LogP contribution in [0.1, 0.15) is 204 Å². The molecule has 280 valence electrons. The first kappa shape index (κ1) is 43.0. The van der Waals surface area contributed by atoms with E-state index < -0.39 is 0 Å². The molecule has 47 heavy (non-hydrogen) atoms. The molecule has 0 spiro atoms. The van der Waals surface area contributed by atoms with Gasteiger partial charge < -0.3 is 26.2 Å². The Kier molecular flexibility index (Phi) is 20.6. The first-order valence-electron chi connectivity index (χ1n) is 21.0. The molecular weight excluding hydrogens is 574 g/mol. The smallest absolute Gasteiger partial charge is 0.0144 e. The minimum atomic E-state index is 0.213. The molecule has 2 heterocycles. The van der Waals surface area contributed by atoms with Crippen molar-refractivity contribution in [1.82, 2.24) is 26.2 Å². The van der Waals surface area contributed by atoms with Crippen molar-refractivity contribution in [2.24, 2.45) is 0 Å². The van der Waals surface area contributed by atoms with Crippen molar-refractivity contribution < 1.29 is 0 Å². The van der Waals surface area contributed by atoms with Gasteiger partial charge in [-0.1, -0.05) is 103 Å². The molecule has 0 saturated carbocycles. The highest BCUT2D eigenvalue weighted by Crippen LogP contribution is 2.29. The molecular formula is C42H87N5. The number of hydrogen-bond acceptors (Lipinski definition) is 5. The molecule has 0 aliphatic carbocycles. The highest BCUT2D eigenvalue weighted by atomic mass is 15.1. The fourth-order valence-corrected chi connectivity index (χ4v) is 9.37. The van der Waals surface area contributed by atoms with Gasteiger partial charge >= 0.3 is 0 Å². The van der Waals surface area contributed by atoms with Gasteiger partial charge in [-0.3, -0.25) is 0 Å². The van der Waals surface area contributed by atoms with Gasteiger partial charge in [0.15, 0.2) is 0 Å². The van der Waals surface area contributed by atoms with Crippen molar-refractivity contribution in [2.45, 2.75) is 238 Å². The summed E-state index contributed by atoms with van der Waals surface area (Å²) < 4.78 is 0. The van der Waals surface area contributed by atoms with Crippen molar-refractivity contribution in [1.29, 1.82) is 0 Å². The second kappa shape index (κ2) is 22.6. The lowest BCUT2D eigenvalue weighted by atomic mass is 9.79. The van der Waals surface area contributed by atoms with E-state index in [4.69, 9.17) is 0 Å². The van der Waals surface area contributed by atoms with Crippen LogP contribution in [0, 0.1) is 0 Å². The van der Waals surface area contributed by atoms with Gasteiger partial charge in [0.05, 0.1) is 0 Å². The summed E-state index contributed by atoms with van der Waals surface area (Å²) in [4.78, 5) is 2.79. The van der Waals surface area contributed by atoms with Gasteiger partial charge in [-0.25, -0.2) is 0 Å². The Labute approximate surface area is 296 Å². The van der Waals surface area contributed by atoms with Crippen LogP contribution in [0.25, 0.3) is 0 Å². The van der Waals surface area contributed by atoms with E-state index in [1.165, 1.54) is 161 Å². The summed E-state index contributed by atoms with van der Waals surface area (Å²) in [5.41, 5.74) is 0.851. The molecule has 2 aliphatic rings. The van der Waals surface area contributed by atoms with E-state index in [-0.39, 0.29) is 22.2 Å². The maximum Gasteiger partial charge on any atom is 0.0144 e. The van der Waals surface area contributed by atoms with Crippen LogP contribution in [-0.2, 0) is 0 Å². The first-order chi connectivity index (χ1) is 22.2. The lowest BCUT2D eigenvalue weighted by Crippen LogP contribution is -2.61. The van der Waals surface area contributed by atoms with Gasteiger partial charge in [0.1, 0.15) is 0 Å². The summed E-state index contributed by atoms with van der Waals surface area (Å²) in [6.07, 6.45) is 30.5. The van der Waals surface area contributed by atoms with Gasteiger partial charge in [-0.2, -0.15) is 0 Å². The molecule has 0 aromatic rings. The maximum atomic E-state index is 3.95. The summed E-state index contributed by atoms with van der Waals surface area (Å²) in [6, 6.07) is 1.25. The molecule has 0 unspecified atom stereocenters. The average molecular weight is 662 g/mol. The Balaban J connectivity index is 1.62. The van der Waals surface area contributed by atoms with Crippen molar-refractivity contribution in [2.75, 3.05) is 32.7 Å². The topological polar surface area (TPSA) is 51.4 Å². The molecule has 5 heteroatoms. The zero-order valence-electron chi connectivity index (χ0n) is 33.7. The molecule has 2 aliphatic heterocycles. The Morgan fingerprint density at radius 1 is 0.426 bits per heavy atom. The van der Waals surface area contributed by atoms with Crippen molar-refractivity contribution in [3.05, 3.63) is 0 Å². The number of nitrogens with one attached hydrogen (secondary N) is 4. The van der Waals surface area contributed by atoms with Gasteiger partial charge in [0.25, 0.3) is 0 Å². The van der Waals surface area contributed by atoms with E-state index in [1.807, 2.05) is 0 Å². The SMILES string of the molecule is CCCCCCCCCCCCCCCCCCN(CCCNC1CC(C)(C)NC(C)(C)C1)CCCNC1CC(C)(C)NC(C)(C)C1. The predicted octanol–water partition coefficient (Wildman–Crippen LogP) is 10.1. The lowest BCUT2D eigenvalue weighted by molar-refractivity contribution is 0.144. The largest absolute Gasteiger partial charge is 0.314 e. The minimum absolute atomic E-state index is 0.213. The molecule has 0 bridgehead atoms. The van der Waals surface area contributed by atoms with E-state index in [9.17, 15) is 0 Å². The molecule has 2 rings (SSSR count). The molecule has 2 saturated heterocycles. The average Bonchev–Trinajstić information content (AvgIpc) is 2.93. The fourth-order valence-electron chi connectivity index (χ4n) is 9.37. The standard InChI is InChI=1S/C42H87N5/c1-10-11-12-13-14-15-16-17-18-19-20-21-22-23-24-25-30-47(31-26-28-43-37-33-39(2,3)45-40(4,5)34-37)32-27-29-44-38-35-41(6,7)46-42(8,9)36-38/h37-38,43-46H,10-36H2,1-9H3. The molecule has 0 amide bonds. The van der Waals surface area contributed by atoms with E-state index in [2.05, 4.69) is 88.5 Å². The van der Waals surface area contributed by atoms with Crippen molar-refractivity contribution in [3.63, 3.8) is 0 Å². The third kappa shape index (κ3) is 21.6. The molecule has 4 N–H and O–H groups in total. The van der Waals surface area contributed by atoms with Gasteiger partial charge in [-0.15, -0.1) is 0 Å². The van der Waals surface area contributed by atoms with Gasteiger partial charge in [0.2, 0.25) is 0 Å².